The van der Waals surface area contributed by atoms with E-state index < -0.39 is 0 Å². The fourth-order valence-corrected chi connectivity index (χ4v) is 3.49. The molecule has 2 aliphatic rings. The first-order valence-corrected chi connectivity index (χ1v) is 6.54. The number of ether oxygens (including phenoxy) is 1. The highest BCUT2D eigenvalue weighted by Gasteiger charge is 2.28. The normalized spacial score (nSPS) is 38.4. The van der Waals surface area contributed by atoms with E-state index >= 15 is 0 Å². The Labute approximate surface area is 90.3 Å². The van der Waals surface area contributed by atoms with Crippen LogP contribution in [0.4, 0.5) is 0 Å². The summed E-state index contributed by atoms with van der Waals surface area (Å²) in [5.41, 5.74) is 5.97. The molecule has 0 bridgehead atoms. The van der Waals surface area contributed by atoms with Crippen molar-refractivity contribution in [2.45, 2.75) is 18.5 Å². The van der Waals surface area contributed by atoms with E-state index in [1.807, 2.05) is 0 Å². The molecule has 0 aromatic heterocycles. The summed E-state index contributed by atoms with van der Waals surface area (Å²) in [4.78, 5) is 2.47. The summed E-state index contributed by atoms with van der Waals surface area (Å²) in [5.74, 6) is 3.16. The van der Waals surface area contributed by atoms with Gasteiger partial charge in [-0.25, -0.2) is 0 Å². The maximum absolute atomic E-state index is 5.97. The predicted octanol–water partition coefficient (Wildman–Crippen LogP) is 0.397. The molecule has 2 fully saturated rings. The first kappa shape index (κ1) is 10.7. The van der Waals surface area contributed by atoms with Gasteiger partial charge in [0, 0.05) is 30.3 Å². The van der Waals surface area contributed by atoms with E-state index in [1.165, 1.54) is 17.9 Å². The van der Waals surface area contributed by atoms with Crippen LogP contribution in [-0.4, -0.2) is 55.3 Å². The van der Waals surface area contributed by atoms with Crippen LogP contribution in [0.5, 0.6) is 0 Å². The monoisotopic (exact) mass is 216 g/mol. The summed E-state index contributed by atoms with van der Waals surface area (Å²) in [6.45, 7) is 2.70. The van der Waals surface area contributed by atoms with Crippen LogP contribution in [0.25, 0.3) is 0 Å². The molecule has 2 N–H and O–H groups in total. The molecule has 82 valence electrons. The molecule has 3 atom stereocenters. The Balaban J connectivity index is 1.78. The molecule has 2 rings (SSSR count). The molecule has 3 unspecified atom stereocenters. The lowest BCUT2D eigenvalue weighted by Gasteiger charge is -2.27. The molecule has 0 aliphatic carbocycles. The van der Waals surface area contributed by atoms with Gasteiger partial charge in [0.25, 0.3) is 0 Å². The van der Waals surface area contributed by atoms with Gasteiger partial charge in [0.15, 0.2) is 0 Å². The quantitative estimate of drug-likeness (QED) is 0.741. The van der Waals surface area contributed by atoms with Crippen LogP contribution < -0.4 is 5.73 Å². The Bertz CT molecular complexity index is 185. The number of nitrogens with zero attached hydrogens (tertiary/aromatic N) is 1. The highest BCUT2D eigenvalue weighted by Crippen LogP contribution is 2.23. The standard InChI is InChI=1S/C10H20N2OS/c1-12(9-2-3-14-7-9)4-8-5-13-6-10(8)11/h8-10H,2-7,11H2,1H3. The van der Waals surface area contributed by atoms with Crippen LogP contribution in [0.2, 0.25) is 0 Å². The second-order valence-electron chi connectivity index (χ2n) is 4.42. The fourth-order valence-electron chi connectivity index (χ4n) is 2.19. The van der Waals surface area contributed by atoms with E-state index in [1.54, 1.807) is 0 Å². The van der Waals surface area contributed by atoms with Gasteiger partial charge in [0.1, 0.15) is 0 Å². The van der Waals surface area contributed by atoms with E-state index in [2.05, 4.69) is 23.7 Å². The van der Waals surface area contributed by atoms with E-state index in [-0.39, 0.29) is 6.04 Å². The number of nitrogens with two attached hydrogens (primary N) is 1. The summed E-state index contributed by atoms with van der Waals surface area (Å²) >= 11 is 2.07. The molecule has 0 saturated carbocycles. The Hall–Kier alpha value is 0.230. The van der Waals surface area contributed by atoms with Crippen molar-refractivity contribution >= 4 is 11.8 Å². The van der Waals surface area contributed by atoms with Crippen LogP contribution in [0.3, 0.4) is 0 Å². The van der Waals surface area contributed by atoms with Gasteiger partial charge in [-0.05, 0) is 19.2 Å². The number of hydrogen-bond donors (Lipinski definition) is 1. The molecular formula is C10H20N2OS. The smallest absolute Gasteiger partial charge is 0.0621 e. The van der Waals surface area contributed by atoms with Crippen molar-refractivity contribution in [3.63, 3.8) is 0 Å². The lowest BCUT2D eigenvalue weighted by atomic mass is 10.0. The molecule has 2 aliphatic heterocycles. The SMILES string of the molecule is CN(CC1COCC1N)C1CCSC1. The van der Waals surface area contributed by atoms with Gasteiger partial charge < -0.3 is 15.4 Å². The summed E-state index contributed by atoms with van der Waals surface area (Å²) in [6, 6.07) is 1.03. The van der Waals surface area contributed by atoms with Crippen molar-refractivity contribution in [2.75, 3.05) is 38.3 Å². The van der Waals surface area contributed by atoms with Crippen molar-refractivity contribution in [3.05, 3.63) is 0 Å². The summed E-state index contributed by atoms with van der Waals surface area (Å²) in [6.07, 6.45) is 1.34. The molecule has 2 saturated heterocycles. The van der Waals surface area contributed by atoms with Gasteiger partial charge in [-0.1, -0.05) is 0 Å². The van der Waals surface area contributed by atoms with Gasteiger partial charge in [0.05, 0.1) is 13.2 Å². The molecule has 2 heterocycles. The topological polar surface area (TPSA) is 38.5 Å². The Morgan fingerprint density at radius 1 is 1.50 bits per heavy atom. The van der Waals surface area contributed by atoms with E-state index in [9.17, 15) is 0 Å². The Morgan fingerprint density at radius 2 is 2.36 bits per heavy atom. The third-order valence-corrected chi connectivity index (χ3v) is 4.44. The van der Waals surface area contributed by atoms with E-state index in [0.29, 0.717) is 5.92 Å². The molecule has 0 spiro atoms. The lowest BCUT2D eigenvalue weighted by molar-refractivity contribution is 0.164. The summed E-state index contributed by atoms with van der Waals surface area (Å²) < 4.78 is 5.38. The average Bonchev–Trinajstić information content (AvgIpc) is 2.77. The molecular weight excluding hydrogens is 196 g/mol. The second kappa shape index (κ2) is 4.84. The largest absolute Gasteiger partial charge is 0.379 e. The maximum atomic E-state index is 5.97. The van der Waals surface area contributed by atoms with Crippen molar-refractivity contribution in [3.8, 4) is 0 Å². The summed E-state index contributed by atoms with van der Waals surface area (Å²) in [5, 5.41) is 0. The molecule has 0 amide bonds. The van der Waals surface area contributed by atoms with E-state index in [0.717, 1.165) is 25.8 Å². The maximum Gasteiger partial charge on any atom is 0.0621 e. The first-order chi connectivity index (χ1) is 6.77. The van der Waals surface area contributed by atoms with Crippen molar-refractivity contribution in [1.29, 1.82) is 0 Å². The van der Waals surface area contributed by atoms with Gasteiger partial charge in [-0.3, -0.25) is 0 Å². The molecule has 14 heavy (non-hydrogen) atoms. The minimum atomic E-state index is 0.256. The zero-order valence-electron chi connectivity index (χ0n) is 8.82. The van der Waals surface area contributed by atoms with Crippen molar-refractivity contribution in [2.24, 2.45) is 11.7 Å². The van der Waals surface area contributed by atoms with Crippen LogP contribution in [-0.2, 0) is 4.74 Å². The Morgan fingerprint density at radius 3 is 2.93 bits per heavy atom. The van der Waals surface area contributed by atoms with Crippen LogP contribution >= 0.6 is 11.8 Å². The highest BCUT2D eigenvalue weighted by atomic mass is 32.2. The van der Waals surface area contributed by atoms with Crippen molar-refractivity contribution < 1.29 is 4.74 Å². The van der Waals surface area contributed by atoms with Gasteiger partial charge in [0.2, 0.25) is 0 Å². The van der Waals surface area contributed by atoms with Crippen LogP contribution in [0.1, 0.15) is 6.42 Å². The summed E-state index contributed by atoms with van der Waals surface area (Å²) in [7, 11) is 2.22. The van der Waals surface area contributed by atoms with Gasteiger partial charge >= 0.3 is 0 Å². The predicted molar refractivity (Wildman–Crippen MR) is 60.6 cm³/mol. The minimum Gasteiger partial charge on any atom is -0.379 e. The average molecular weight is 216 g/mol. The van der Waals surface area contributed by atoms with Gasteiger partial charge in [-0.2, -0.15) is 11.8 Å². The number of rotatable bonds is 3. The molecule has 0 radical (unpaired) electrons. The van der Waals surface area contributed by atoms with Crippen LogP contribution in [0, 0.1) is 5.92 Å². The highest BCUT2D eigenvalue weighted by molar-refractivity contribution is 7.99. The molecule has 3 nitrogen and oxygen atoms in total. The van der Waals surface area contributed by atoms with Crippen molar-refractivity contribution in [1.82, 2.24) is 4.90 Å². The van der Waals surface area contributed by atoms with Gasteiger partial charge in [-0.15, -0.1) is 0 Å². The third-order valence-electron chi connectivity index (χ3n) is 3.30. The third kappa shape index (κ3) is 2.42. The zero-order valence-corrected chi connectivity index (χ0v) is 9.63. The first-order valence-electron chi connectivity index (χ1n) is 5.38. The van der Waals surface area contributed by atoms with E-state index in [4.69, 9.17) is 10.5 Å². The number of thioether (sulfide) groups is 1. The molecule has 0 aromatic carbocycles. The second-order valence-corrected chi connectivity index (χ2v) is 5.57. The number of hydrogen-bond acceptors (Lipinski definition) is 4. The fraction of sp³-hybridized carbons (Fsp3) is 1.00. The zero-order chi connectivity index (χ0) is 9.97. The lowest BCUT2D eigenvalue weighted by Crippen LogP contribution is -2.41. The Kier molecular flexibility index (Phi) is 3.71. The van der Waals surface area contributed by atoms with Crippen LogP contribution in [0.15, 0.2) is 0 Å². The minimum absolute atomic E-state index is 0.256. The molecule has 0 aromatic rings. The molecule has 4 heteroatoms.